The van der Waals surface area contributed by atoms with Crippen molar-refractivity contribution < 1.29 is 25.0 Å². The van der Waals surface area contributed by atoms with Crippen molar-refractivity contribution in [3.8, 4) is 0 Å². The molecular weight excluding hydrogens is 468 g/mol. The van der Waals surface area contributed by atoms with Crippen molar-refractivity contribution in [2.45, 2.75) is 18.9 Å². The van der Waals surface area contributed by atoms with Crippen molar-refractivity contribution in [3.63, 3.8) is 0 Å². The van der Waals surface area contributed by atoms with E-state index in [-0.39, 0.29) is 25.5 Å². The Balaban J connectivity index is 2.15. The fourth-order valence-electron chi connectivity index (χ4n) is 4.55. The van der Waals surface area contributed by atoms with Crippen molar-refractivity contribution in [3.05, 3.63) is 39.9 Å². The minimum Gasteiger partial charge on any atom is -0.395 e. The van der Waals surface area contributed by atoms with Gasteiger partial charge in [-0.3, -0.25) is 34.5 Å². The minimum atomic E-state index is -0.513. The second-order valence-corrected chi connectivity index (χ2v) is 9.11. The number of hydrogen-bond donors (Lipinski definition) is 4. The van der Waals surface area contributed by atoms with Crippen LogP contribution >= 0.6 is 0 Å². The van der Waals surface area contributed by atoms with Crippen LogP contribution in [0.5, 0.6) is 0 Å². The number of carbonyl (C=O) groups is 1. The van der Waals surface area contributed by atoms with Gasteiger partial charge in [0.15, 0.2) is 0 Å². The molecule has 0 saturated carbocycles. The number of nitrogens with two attached hydrogens (primary N) is 1. The molecule has 0 bridgehead atoms. The molecule has 1 atom stereocenters. The van der Waals surface area contributed by atoms with Crippen LogP contribution in [0.3, 0.4) is 0 Å². The summed E-state index contributed by atoms with van der Waals surface area (Å²) in [7, 11) is 0. The van der Waals surface area contributed by atoms with E-state index in [1.54, 1.807) is 12.1 Å². The lowest BCUT2D eigenvalue weighted by Crippen LogP contribution is -2.52. The summed E-state index contributed by atoms with van der Waals surface area (Å²) in [5.41, 5.74) is 6.77. The topological polar surface area (TPSA) is 160 Å². The lowest BCUT2D eigenvalue weighted by Gasteiger charge is -2.36. The number of aryl methyl sites for hydroxylation is 1. The van der Waals surface area contributed by atoms with Crippen LogP contribution in [0.15, 0.2) is 24.3 Å². The summed E-state index contributed by atoms with van der Waals surface area (Å²) in [6.07, 6.45) is 1.04. The van der Waals surface area contributed by atoms with E-state index in [4.69, 9.17) is 5.73 Å². The third-order valence-corrected chi connectivity index (χ3v) is 6.74. The minimum absolute atomic E-state index is 0.0266. The fraction of sp³-hybridized carbons (Fsp3) is 0.708. The molecule has 36 heavy (non-hydrogen) atoms. The number of nitro benzene ring substituents is 1. The first-order chi connectivity index (χ1) is 17.4. The molecule has 1 aliphatic heterocycles. The van der Waals surface area contributed by atoms with Gasteiger partial charge in [0.25, 0.3) is 5.69 Å². The van der Waals surface area contributed by atoms with Crippen molar-refractivity contribution >= 4 is 11.6 Å². The number of rotatable bonds is 12. The van der Waals surface area contributed by atoms with Gasteiger partial charge in [-0.2, -0.15) is 0 Å². The van der Waals surface area contributed by atoms with Crippen molar-refractivity contribution in [2.75, 3.05) is 91.8 Å². The predicted octanol–water partition coefficient (Wildman–Crippen LogP) is -1.42. The third kappa shape index (κ3) is 10.4. The third-order valence-electron chi connectivity index (χ3n) is 6.74. The maximum Gasteiger partial charge on any atom is 0.269 e. The Labute approximate surface area is 213 Å². The highest BCUT2D eigenvalue weighted by molar-refractivity contribution is 5.79. The second kappa shape index (κ2) is 16.5. The molecule has 1 heterocycles. The number of aliphatic hydroxyl groups excluding tert-OH is 3. The van der Waals surface area contributed by atoms with Gasteiger partial charge >= 0.3 is 0 Å². The van der Waals surface area contributed by atoms with E-state index in [0.717, 1.165) is 31.7 Å². The SMILES string of the molecule is NC(=O)C(CCc1ccc([N+](=O)[O-])cc1)N1CCN(CCO)CCN(CCO)CCN(CCO)CC1. The maximum atomic E-state index is 12.5. The molecule has 5 N–H and O–H groups in total. The average Bonchev–Trinajstić information content (AvgIpc) is 2.85. The first kappa shape index (κ1) is 30.0. The van der Waals surface area contributed by atoms with Crippen LogP contribution in [0.1, 0.15) is 12.0 Å². The van der Waals surface area contributed by atoms with Crippen LogP contribution in [0, 0.1) is 10.1 Å². The largest absolute Gasteiger partial charge is 0.395 e. The molecular formula is C24H42N6O6. The van der Waals surface area contributed by atoms with Crippen LogP contribution < -0.4 is 5.73 Å². The van der Waals surface area contributed by atoms with E-state index in [1.165, 1.54) is 12.1 Å². The van der Waals surface area contributed by atoms with E-state index in [9.17, 15) is 30.2 Å². The van der Waals surface area contributed by atoms with E-state index < -0.39 is 16.9 Å². The number of non-ortho nitro benzene ring substituents is 1. The Morgan fingerprint density at radius 3 is 1.61 bits per heavy atom. The molecule has 1 saturated heterocycles. The summed E-state index contributed by atoms with van der Waals surface area (Å²) in [5.74, 6) is -0.416. The van der Waals surface area contributed by atoms with E-state index in [2.05, 4.69) is 19.6 Å². The van der Waals surface area contributed by atoms with Crippen LogP contribution in [-0.4, -0.2) is 144 Å². The standard InChI is InChI=1S/C24H42N6O6/c25-24(34)23(6-3-21-1-4-22(5-2-21)30(35)36)29-13-11-27(16-19-32)9-7-26(15-18-31)8-10-28(12-14-29)17-20-33/h1-2,4-5,23,31-33H,3,6-20H2,(H2,25,34). The molecule has 0 aliphatic carbocycles. The van der Waals surface area contributed by atoms with Gasteiger partial charge in [-0.25, -0.2) is 0 Å². The number of carbonyl (C=O) groups excluding carboxylic acids is 1. The zero-order valence-electron chi connectivity index (χ0n) is 21.1. The Morgan fingerprint density at radius 1 is 0.833 bits per heavy atom. The Bertz CT molecular complexity index is 761. The molecule has 204 valence electrons. The molecule has 0 aromatic heterocycles. The fourth-order valence-corrected chi connectivity index (χ4v) is 4.55. The molecule has 1 aliphatic rings. The Morgan fingerprint density at radius 2 is 1.25 bits per heavy atom. The van der Waals surface area contributed by atoms with Crippen molar-refractivity contribution in [1.29, 1.82) is 0 Å². The number of aliphatic hydroxyl groups is 3. The summed E-state index contributed by atoms with van der Waals surface area (Å²) in [5, 5.41) is 39.4. The zero-order valence-corrected chi connectivity index (χ0v) is 21.1. The van der Waals surface area contributed by atoms with E-state index >= 15 is 0 Å². The molecule has 1 unspecified atom stereocenters. The number of nitrogens with zero attached hydrogens (tertiary/aromatic N) is 5. The lowest BCUT2D eigenvalue weighted by molar-refractivity contribution is -0.384. The quantitative estimate of drug-likeness (QED) is 0.194. The first-order valence-electron chi connectivity index (χ1n) is 12.6. The number of nitro groups is 1. The predicted molar refractivity (Wildman–Crippen MR) is 137 cm³/mol. The Hall–Kier alpha value is -2.19. The molecule has 12 nitrogen and oxygen atoms in total. The molecule has 1 aromatic rings. The summed E-state index contributed by atoms with van der Waals surface area (Å²) in [6, 6.07) is 5.82. The lowest BCUT2D eigenvalue weighted by atomic mass is 10.0. The number of amides is 1. The number of primary amides is 1. The molecule has 2 rings (SSSR count). The van der Waals surface area contributed by atoms with Gasteiger partial charge in [0.05, 0.1) is 30.8 Å². The highest BCUT2D eigenvalue weighted by atomic mass is 16.6. The summed E-state index contributed by atoms with van der Waals surface area (Å²) >= 11 is 0. The Kier molecular flexibility index (Phi) is 13.8. The van der Waals surface area contributed by atoms with Crippen LogP contribution in [-0.2, 0) is 11.2 Å². The molecule has 12 heteroatoms. The number of hydrogen-bond acceptors (Lipinski definition) is 10. The molecule has 1 aromatic carbocycles. The van der Waals surface area contributed by atoms with Gasteiger partial charge < -0.3 is 21.1 Å². The zero-order chi connectivity index (χ0) is 26.3. The normalized spacial score (nSPS) is 18.9. The smallest absolute Gasteiger partial charge is 0.269 e. The van der Waals surface area contributed by atoms with Crippen LogP contribution in [0.4, 0.5) is 5.69 Å². The number of benzene rings is 1. The van der Waals surface area contributed by atoms with Crippen molar-refractivity contribution in [1.82, 2.24) is 19.6 Å². The molecule has 1 fully saturated rings. The van der Waals surface area contributed by atoms with E-state index in [0.29, 0.717) is 58.7 Å². The number of β-amino-alcohol motifs (C(OH)–C–C–N with tert-alkyl or cyclic N) is 3. The van der Waals surface area contributed by atoms with Gasteiger partial charge in [-0.05, 0) is 18.4 Å². The van der Waals surface area contributed by atoms with Gasteiger partial charge in [0.1, 0.15) is 0 Å². The van der Waals surface area contributed by atoms with Crippen LogP contribution in [0.25, 0.3) is 0 Å². The summed E-state index contributed by atoms with van der Waals surface area (Å²) < 4.78 is 0. The highest BCUT2D eigenvalue weighted by Gasteiger charge is 2.25. The summed E-state index contributed by atoms with van der Waals surface area (Å²) in [4.78, 5) is 31.6. The molecule has 0 radical (unpaired) electrons. The highest BCUT2D eigenvalue weighted by Crippen LogP contribution is 2.16. The summed E-state index contributed by atoms with van der Waals surface area (Å²) in [6.45, 7) is 7.12. The molecule has 1 amide bonds. The van der Waals surface area contributed by atoms with Gasteiger partial charge in [-0.15, -0.1) is 0 Å². The average molecular weight is 511 g/mol. The second-order valence-electron chi connectivity index (χ2n) is 9.11. The van der Waals surface area contributed by atoms with Crippen molar-refractivity contribution in [2.24, 2.45) is 5.73 Å². The first-order valence-corrected chi connectivity index (χ1v) is 12.6. The molecule has 0 spiro atoms. The van der Waals surface area contributed by atoms with Gasteiger partial charge in [0.2, 0.25) is 5.91 Å². The monoisotopic (exact) mass is 510 g/mol. The van der Waals surface area contributed by atoms with E-state index in [1.807, 2.05) is 0 Å². The van der Waals surface area contributed by atoms with Gasteiger partial charge in [0, 0.05) is 84.1 Å². The van der Waals surface area contributed by atoms with Gasteiger partial charge in [-0.1, -0.05) is 12.1 Å². The maximum absolute atomic E-state index is 12.5. The van der Waals surface area contributed by atoms with Crippen LogP contribution in [0.2, 0.25) is 0 Å².